The van der Waals surface area contributed by atoms with Crippen molar-refractivity contribution in [3.63, 3.8) is 0 Å². The molecule has 0 saturated heterocycles. The van der Waals surface area contributed by atoms with E-state index in [1.165, 1.54) is 32.1 Å². The van der Waals surface area contributed by atoms with Gasteiger partial charge in [-0.15, -0.1) is 0 Å². The van der Waals surface area contributed by atoms with Gasteiger partial charge in [0.2, 0.25) is 5.91 Å². The zero-order valence-corrected chi connectivity index (χ0v) is 11.6. The van der Waals surface area contributed by atoms with Crippen LogP contribution in [-0.4, -0.2) is 16.7 Å². The average Bonchev–Trinajstić information content (AvgIpc) is 2.83. The van der Waals surface area contributed by atoms with Crippen LogP contribution >= 0.6 is 0 Å². The van der Waals surface area contributed by atoms with Gasteiger partial charge in [0.1, 0.15) is 0 Å². The van der Waals surface area contributed by atoms with Gasteiger partial charge in [-0.05, 0) is 24.5 Å². The molecule has 1 aromatic rings. The highest BCUT2D eigenvalue weighted by Gasteiger charge is 2.14. The third-order valence-electron chi connectivity index (χ3n) is 3.87. The number of hydrogen-bond donors (Lipinski definition) is 1. The molecule has 0 spiro atoms. The van der Waals surface area contributed by atoms with Crippen molar-refractivity contribution in [1.29, 1.82) is 0 Å². The van der Waals surface area contributed by atoms with Crippen molar-refractivity contribution in [2.75, 3.05) is 0 Å². The Morgan fingerprint density at radius 3 is 2.95 bits per heavy atom. The molecule has 104 valence electrons. The fourth-order valence-corrected chi connectivity index (χ4v) is 2.65. The van der Waals surface area contributed by atoms with E-state index in [2.05, 4.69) is 10.5 Å². The van der Waals surface area contributed by atoms with E-state index in [0.29, 0.717) is 6.42 Å². The van der Waals surface area contributed by atoms with Crippen LogP contribution in [0.15, 0.2) is 23.4 Å². The van der Waals surface area contributed by atoms with Crippen LogP contribution in [0.1, 0.15) is 50.6 Å². The molecule has 0 unspecified atom stereocenters. The first-order valence-corrected chi connectivity index (χ1v) is 7.19. The lowest BCUT2D eigenvalue weighted by Gasteiger charge is -2.20. The van der Waals surface area contributed by atoms with Gasteiger partial charge in [0, 0.05) is 19.7 Å². The van der Waals surface area contributed by atoms with Crippen molar-refractivity contribution >= 4 is 12.1 Å². The van der Waals surface area contributed by atoms with E-state index >= 15 is 0 Å². The summed E-state index contributed by atoms with van der Waals surface area (Å²) < 4.78 is 1.96. The lowest BCUT2D eigenvalue weighted by Crippen LogP contribution is -2.19. The molecule has 1 saturated carbocycles. The first-order valence-electron chi connectivity index (χ1n) is 7.19. The van der Waals surface area contributed by atoms with E-state index < -0.39 is 0 Å². The Morgan fingerprint density at radius 2 is 2.26 bits per heavy atom. The summed E-state index contributed by atoms with van der Waals surface area (Å²) in [5, 5.41) is 3.99. The smallest absolute Gasteiger partial charge is 0.240 e. The number of carbonyl (C=O) groups excluding carboxylic acids is 1. The average molecular weight is 261 g/mol. The number of nitrogens with one attached hydrogen (secondary N) is 1. The van der Waals surface area contributed by atoms with Crippen LogP contribution < -0.4 is 5.43 Å². The Hall–Kier alpha value is -1.58. The second-order valence-electron chi connectivity index (χ2n) is 5.38. The van der Waals surface area contributed by atoms with Crippen LogP contribution in [0.5, 0.6) is 0 Å². The first kappa shape index (κ1) is 13.8. The molecular weight excluding hydrogens is 238 g/mol. The van der Waals surface area contributed by atoms with Crippen molar-refractivity contribution in [3.05, 3.63) is 24.0 Å². The zero-order valence-electron chi connectivity index (χ0n) is 11.6. The highest BCUT2D eigenvalue weighted by atomic mass is 16.2. The summed E-state index contributed by atoms with van der Waals surface area (Å²) in [7, 11) is 1.95. The fraction of sp³-hybridized carbons (Fsp3) is 0.600. The molecule has 1 heterocycles. The van der Waals surface area contributed by atoms with Crippen LogP contribution in [0, 0.1) is 5.92 Å². The summed E-state index contributed by atoms with van der Waals surface area (Å²) in [6.45, 7) is 0. The topological polar surface area (TPSA) is 46.4 Å². The minimum Gasteiger partial charge on any atom is -0.350 e. The van der Waals surface area contributed by atoms with Gasteiger partial charge in [-0.1, -0.05) is 32.1 Å². The van der Waals surface area contributed by atoms with Gasteiger partial charge < -0.3 is 4.57 Å². The van der Waals surface area contributed by atoms with Gasteiger partial charge >= 0.3 is 0 Å². The molecule has 19 heavy (non-hydrogen) atoms. The first-order chi connectivity index (χ1) is 9.25. The molecule has 1 N–H and O–H groups in total. The Labute approximate surface area is 114 Å². The van der Waals surface area contributed by atoms with Crippen molar-refractivity contribution in [2.45, 2.75) is 44.9 Å². The Kier molecular flexibility index (Phi) is 5.19. The maximum absolute atomic E-state index is 11.7. The summed E-state index contributed by atoms with van der Waals surface area (Å²) in [5.41, 5.74) is 3.58. The molecule has 0 radical (unpaired) electrons. The maximum Gasteiger partial charge on any atom is 0.240 e. The van der Waals surface area contributed by atoms with E-state index in [1.54, 1.807) is 6.21 Å². The van der Waals surface area contributed by atoms with Crippen LogP contribution in [-0.2, 0) is 11.8 Å². The standard InChI is InChI=1S/C15H23N3O/c1-18-11-5-8-14(18)12-16-17-15(19)10-9-13-6-3-2-4-7-13/h5,8,11-13H,2-4,6-7,9-10H2,1H3,(H,17,19). The summed E-state index contributed by atoms with van der Waals surface area (Å²) in [6.07, 6.45) is 11.8. The molecule has 1 aromatic heterocycles. The molecule has 1 amide bonds. The summed E-state index contributed by atoms with van der Waals surface area (Å²) >= 11 is 0. The number of carbonyl (C=O) groups is 1. The number of aromatic nitrogens is 1. The molecule has 0 aliphatic heterocycles. The lowest BCUT2D eigenvalue weighted by molar-refractivity contribution is -0.121. The van der Waals surface area contributed by atoms with Gasteiger partial charge in [0.15, 0.2) is 0 Å². The molecule has 4 heteroatoms. The number of nitrogens with zero attached hydrogens (tertiary/aromatic N) is 2. The predicted molar refractivity (Wildman–Crippen MR) is 77.0 cm³/mol. The Balaban J connectivity index is 1.67. The third-order valence-corrected chi connectivity index (χ3v) is 3.87. The number of rotatable bonds is 5. The van der Waals surface area contributed by atoms with E-state index in [-0.39, 0.29) is 5.91 Å². The van der Waals surface area contributed by atoms with Crippen molar-refractivity contribution < 1.29 is 4.79 Å². The molecule has 1 aliphatic carbocycles. The fourth-order valence-electron chi connectivity index (χ4n) is 2.65. The third kappa shape index (κ3) is 4.54. The van der Waals surface area contributed by atoms with Gasteiger partial charge in [0.25, 0.3) is 0 Å². The number of hydrogen-bond acceptors (Lipinski definition) is 2. The van der Waals surface area contributed by atoms with Gasteiger partial charge in [0.05, 0.1) is 11.9 Å². The molecule has 0 atom stereocenters. The lowest BCUT2D eigenvalue weighted by atomic mass is 9.86. The normalized spacial score (nSPS) is 16.9. The van der Waals surface area contributed by atoms with Crippen LogP contribution in [0.4, 0.5) is 0 Å². The quantitative estimate of drug-likeness (QED) is 0.643. The number of hydrazone groups is 1. The molecule has 0 bridgehead atoms. The molecule has 4 nitrogen and oxygen atoms in total. The molecule has 1 fully saturated rings. The van der Waals surface area contributed by atoms with Crippen molar-refractivity contribution in [2.24, 2.45) is 18.1 Å². The Bertz CT molecular complexity index is 430. The van der Waals surface area contributed by atoms with Crippen molar-refractivity contribution in [3.8, 4) is 0 Å². The molecule has 0 aromatic carbocycles. The molecule has 2 rings (SSSR count). The largest absolute Gasteiger partial charge is 0.350 e. The number of amides is 1. The zero-order chi connectivity index (χ0) is 13.5. The molecular formula is C15H23N3O. The minimum atomic E-state index is 0.0241. The SMILES string of the molecule is Cn1cccc1C=NNC(=O)CCC1CCCCC1. The van der Waals surface area contributed by atoms with E-state index in [4.69, 9.17) is 0 Å². The second-order valence-corrected chi connectivity index (χ2v) is 5.38. The van der Waals surface area contributed by atoms with Gasteiger partial charge in [-0.2, -0.15) is 5.10 Å². The monoisotopic (exact) mass is 261 g/mol. The summed E-state index contributed by atoms with van der Waals surface area (Å²) in [4.78, 5) is 11.7. The van der Waals surface area contributed by atoms with E-state index in [0.717, 1.165) is 18.0 Å². The number of aryl methyl sites for hydroxylation is 1. The van der Waals surface area contributed by atoms with Crippen LogP contribution in [0.25, 0.3) is 0 Å². The van der Waals surface area contributed by atoms with E-state index in [9.17, 15) is 4.79 Å². The predicted octanol–water partition coefficient (Wildman–Crippen LogP) is 2.84. The molecule has 1 aliphatic rings. The highest BCUT2D eigenvalue weighted by molar-refractivity contribution is 5.81. The second kappa shape index (κ2) is 7.12. The maximum atomic E-state index is 11.7. The van der Waals surface area contributed by atoms with Gasteiger partial charge in [-0.3, -0.25) is 4.79 Å². The van der Waals surface area contributed by atoms with Crippen molar-refractivity contribution in [1.82, 2.24) is 9.99 Å². The minimum absolute atomic E-state index is 0.0241. The van der Waals surface area contributed by atoms with E-state index in [1.807, 2.05) is 29.9 Å². The highest BCUT2D eigenvalue weighted by Crippen LogP contribution is 2.27. The van der Waals surface area contributed by atoms with Crippen LogP contribution in [0.3, 0.4) is 0 Å². The summed E-state index contributed by atoms with van der Waals surface area (Å²) in [6, 6.07) is 3.91. The van der Waals surface area contributed by atoms with Gasteiger partial charge in [-0.25, -0.2) is 5.43 Å². The van der Waals surface area contributed by atoms with Crippen LogP contribution in [0.2, 0.25) is 0 Å². The summed E-state index contributed by atoms with van der Waals surface area (Å²) in [5.74, 6) is 0.771. The Morgan fingerprint density at radius 1 is 1.47 bits per heavy atom.